The topological polar surface area (TPSA) is 66.0 Å². The van der Waals surface area contributed by atoms with Crippen LogP contribution in [0.2, 0.25) is 5.15 Å². The van der Waals surface area contributed by atoms with Crippen LogP contribution in [-0.4, -0.2) is 16.1 Å². The highest BCUT2D eigenvalue weighted by Gasteiger charge is 2.31. The minimum Gasteiger partial charge on any atom is -0.364 e. The second kappa shape index (κ2) is 4.59. The highest BCUT2D eigenvalue weighted by Crippen LogP contribution is 2.40. The first-order valence-electron chi connectivity index (χ1n) is 5.53. The van der Waals surface area contributed by atoms with E-state index >= 15 is 0 Å². The summed E-state index contributed by atoms with van der Waals surface area (Å²) in [6.07, 6.45) is 3.61. The molecule has 0 aliphatic carbocycles. The van der Waals surface area contributed by atoms with Crippen LogP contribution in [0, 0.1) is 11.3 Å². The van der Waals surface area contributed by atoms with Gasteiger partial charge in [-0.25, -0.2) is 0 Å². The van der Waals surface area contributed by atoms with E-state index in [1.165, 1.54) is 11.5 Å². The van der Waals surface area contributed by atoms with Crippen molar-refractivity contribution in [3.05, 3.63) is 28.7 Å². The maximum atomic E-state index is 9.14. The summed E-state index contributed by atoms with van der Waals surface area (Å²) in [5.74, 6) is 0. The van der Waals surface area contributed by atoms with Gasteiger partial charge in [-0.1, -0.05) is 16.8 Å². The normalized spacial score (nSPS) is 19.1. The molecule has 1 aliphatic heterocycles. The molecule has 7 heteroatoms. The van der Waals surface area contributed by atoms with Gasteiger partial charge < -0.3 is 9.42 Å². The number of rotatable bonds is 2. The Bertz CT molecular complexity index is 589. The Hall–Kier alpha value is -1.58. The Morgan fingerprint density at radius 1 is 1.61 bits per heavy atom. The number of aromatic nitrogens is 2. The second-order valence-electron chi connectivity index (χ2n) is 4.04. The number of hydrogen-bond donors (Lipinski definition) is 0. The van der Waals surface area contributed by atoms with Gasteiger partial charge >= 0.3 is 0 Å². The quantitative estimate of drug-likeness (QED) is 0.846. The molecule has 0 saturated carbocycles. The van der Waals surface area contributed by atoms with E-state index in [2.05, 4.69) is 20.5 Å². The second-order valence-corrected chi connectivity index (χ2v) is 5.15. The maximum absolute atomic E-state index is 9.14. The molecule has 0 N–H and O–H groups in total. The average molecular weight is 281 g/mol. The van der Waals surface area contributed by atoms with E-state index in [0.29, 0.717) is 5.56 Å². The summed E-state index contributed by atoms with van der Waals surface area (Å²) in [5.41, 5.74) is 1.35. The Kier molecular flexibility index (Phi) is 2.94. The molecule has 1 aliphatic rings. The van der Waals surface area contributed by atoms with Crippen molar-refractivity contribution in [1.29, 1.82) is 5.26 Å². The van der Waals surface area contributed by atoms with Gasteiger partial charge in [-0.05, 0) is 24.4 Å². The first kappa shape index (κ1) is 11.5. The number of hydrogen-bond acceptors (Lipinski definition) is 6. The van der Waals surface area contributed by atoms with Crippen molar-refractivity contribution < 1.29 is 4.52 Å². The minimum atomic E-state index is 0.146. The van der Waals surface area contributed by atoms with Crippen LogP contribution >= 0.6 is 23.1 Å². The Labute approximate surface area is 113 Å². The number of nitrogens with zero attached hydrogens (tertiary/aromatic N) is 4. The molecule has 1 fully saturated rings. The van der Waals surface area contributed by atoms with Crippen molar-refractivity contribution in [2.75, 3.05) is 11.4 Å². The molecule has 3 rings (SSSR count). The summed E-state index contributed by atoms with van der Waals surface area (Å²) in [7, 11) is 0. The number of halogens is 1. The van der Waals surface area contributed by atoms with Crippen molar-refractivity contribution >= 4 is 28.1 Å². The van der Waals surface area contributed by atoms with E-state index in [0.717, 1.165) is 30.1 Å². The predicted octanol–water partition coefficient (Wildman–Crippen LogP) is 3.00. The number of anilines is 1. The van der Waals surface area contributed by atoms with E-state index in [9.17, 15) is 0 Å². The highest BCUT2D eigenvalue weighted by atomic mass is 35.5. The smallest absolute Gasteiger partial charge is 0.162 e. The van der Waals surface area contributed by atoms with E-state index in [-0.39, 0.29) is 11.2 Å². The van der Waals surface area contributed by atoms with Crippen molar-refractivity contribution in [2.45, 2.75) is 18.9 Å². The Morgan fingerprint density at radius 3 is 3.22 bits per heavy atom. The van der Waals surface area contributed by atoms with E-state index in [4.69, 9.17) is 21.4 Å². The molecule has 0 aromatic carbocycles. The lowest BCUT2D eigenvalue weighted by molar-refractivity contribution is 0.405. The first-order chi connectivity index (χ1) is 8.81. The summed E-state index contributed by atoms with van der Waals surface area (Å²) in [6, 6.07) is 4.12. The monoisotopic (exact) mass is 280 g/mol. The molecule has 3 heterocycles. The summed E-state index contributed by atoms with van der Waals surface area (Å²) < 4.78 is 8.94. The van der Waals surface area contributed by atoms with Gasteiger partial charge in [0.2, 0.25) is 0 Å². The lowest BCUT2D eigenvalue weighted by Gasteiger charge is -2.23. The third-order valence-corrected chi connectivity index (χ3v) is 4.32. The third kappa shape index (κ3) is 1.76. The van der Waals surface area contributed by atoms with Gasteiger partial charge in [0, 0.05) is 12.6 Å². The van der Waals surface area contributed by atoms with E-state index < -0.39 is 0 Å². The van der Waals surface area contributed by atoms with E-state index in [1.54, 1.807) is 6.26 Å². The standard InChI is InChI=1S/C11H9ClN4OS/c12-10-7(6-13)11(18-15-10)16-4-1-2-9(16)8-3-5-17-14-8/h3,5,9H,1-2,4H2/t9-/m0/s1. The maximum Gasteiger partial charge on any atom is 0.162 e. The van der Waals surface area contributed by atoms with Crippen LogP contribution in [-0.2, 0) is 0 Å². The average Bonchev–Trinajstić information content (AvgIpc) is 3.07. The van der Waals surface area contributed by atoms with Crippen LogP contribution in [0.5, 0.6) is 0 Å². The molecule has 2 aromatic heterocycles. The van der Waals surface area contributed by atoms with Gasteiger partial charge in [0.25, 0.3) is 0 Å². The Morgan fingerprint density at radius 2 is 2.50 bits per heavy atom. The fourth-order valence-electron chi connectivity index (χ4n) is 2.26. The molecule has 1 saturated heterocycles. The summed E-state index contributed by atoms with van der Waals surface area (Å²) in [6.45, 7) is 0.880. The summed E-state index contributed by atoms with van der Waals surface area (Å²) in [4.78, 5) is 2.14. The molecular weight excluding hydrogens is 272 g/mol. The van der Waals surface area contributed by atoms with Crippen LogP contribution in [0.4, 0.5) is 5.00 Å². The SMILES string of the molecule is N#Cc1c(Cl)nsc1N1CCC[C@H]1c1ccon1. The highest BCUT2D eigenvalue weighted by molar-refractivity contribution is 7.10. The van der Waals surface area contributed by atoms with Crippen LogP contribution in [0.1, 0.15) is 30.1 Å². The van der Waals surface area contributed by atoms with Crippen molar-refractivity contribution in [3.63, 3.8) is 0 Å². The molecule has 0 spiro atoms. The zero-order valence-corrected chi connectivity index (χ0v) is 10.9. The van der Waals surface area contributed by atoms with Crippen molar-refractivity contribution in [1.82, 2.24) is 9.53 Å². The molecular formula is C11H9ClN4OS. The van der Waals surface area contributed by atoms with Crippen LogP contribution < -0.4 is 4.90 Å². The third-order valence-electron chi connectivity index (χ3n) is 3.06. The largest absolute Gasteiger partial charge is 0.364 e. The van der Waals surface area contributed by atoms with Gasteiger partial charge in [-0.15, -0.1) is 0 Å². The molecule has 92 valence electrons. The fraction of sp³-hybridized carbons (Fsp3) is 0.364. The molecule has 2 aromatic rings. The zero-order chi connectivity index (χ0) is 12.5. The van der Waals surface area contributed by atoms with Crippen LogP contribution in [0.3, 0.4) is 0 Å². The van der Waals surface area contributed by atoms with Gasteiger partial charge in [-0.3, -0.25) is 0 Å². The lowest BCUT2D eigenvalue weighted by Crippen LogP contribution is -2.22. The lowest BCUT2D eigenvalue weighted by atomic mass is 10.1. The summed E-state index contributed by atoms with van der Waals surface area (Å²) >= 11 is 7.17. The molecule has 18 heavy (non-hydrogen) atoms. The molecule has 0 amide bonds. The van der Waals surface area contributed by atoms with Gasteiger partial charge in [0.1, 0.15) is 28.6 Å². The fourth-order valence-corrected chi connectivity index (χ4v) is 3.37. The van der Waals surface area contributed by atoms with Gasteiger partial charge in [0.15, 0.2) is 5.15 Å². The Balaban J connectivity index is 1.98. The minimum absolute atomic E-state index is 0.146. The van der Waals surface area contributed by atoms with Crippen molar-refractivity contribution in [2.24, 2.45) is 0 Å². The molecule has 5 nitrogen and oxygen atoms in total. The molecule has 0 radical (unpaired) electrons. The summed E-state index contributed by atoms with van der Waals surface area (Å²) in [5, 5.41) is 14.2. The van der Waals surface area contributed by atoms with E-state index in [1.807, 2.05) is 6.07 Å². The van der Waals surface area contributed by atoms with Crippen LogP contribution in [0.15, 0.2) is 16.9 Å². The van der Waals surface area contributed by atoms with Crippen molar-refractivity contribution in [3.8, 4) is 6.07 Å². The van der Waals surface area contributed by atoms with Crippen LogP contribution in [0.25, 0.3) is 0 Å². The molecule has 0 unspecified atom stereocenters. The van der Waals surface area contributed by atoms with Gasteiger partial charge in [-0.2, -0.15) is 9.64 Å². The molecule has 1 atom stereocenters. The predicted molar refractivity (Wildman–Crippen MR) is 67.7 cm³/mol. The van der Waals surface area contributed by atoms with Gasteiger partial charge in [0.05, 0.1) is 6.04 Å². The zero-order valence-electron chi connectivity index (χ0n) is 9.34. The number of nitriles is 1. The first-order valence-corrected chi connectivity index (χ1v) is 6.68. The molecule has 0 bridgehead atoms.